The van der Waals surface area contributed by atoms with Crippen LogP contribution in [0.3, 0.4) is 0 Å². The molecule has 0 aliphatic heterocycles. The number of nitrogens with zero attached hydrogens (tertiary/aromatic N) is 2. The molecular weight excluding hydrogens is 452 g/mol. The first-order valence-electron chi connectivity index (χ1n) is 7.41. The quantitative estimate of drug-likeness (QED) is 0.305. The number of fused-ring (bicyclic) bond motifs is 1. The number of aliphatic hydroxyl groups is 1. The van der Waals surface area contributed by atoms with Crippen LogP contribution in [0.1, 0.15) is 10.4 Å². The fraction of sp³-hybridized carbons (Fsp3) is 0.111. The fourth-order valence-corrected chi connectivity index (χ4v) is 3.77. The first kappa shape index (κ1) is 17.7. The maximum Gasteiger partial charge on any atom is 0.222 e. The molecule has 0 amide bonds. The van der Waals surface area contributed by atoms with Crippen LogP contribution in [-0.4, -0.2) is 25.5 Å². The van der Waals surface area contributed by atoms with Gasteiger partial charge in [-0.1, -0.05) is 50.1 Å². The first-order chi connectivity index (χ1) is 12.0. The summed E-state index contributed by atoms with van der Waals surface area (Å²) in [7, 11) is 0. The molecule has 0 fully saturated rings. The highest BCUT2D eigenvalue weighted by Crippen LogP contribution is 2.38. The van der Waals surface area contributed by atoms with E-state index in [1.165, 1.54) is 24.3 Å². The van der Waals surface area contributed by atoms with E-state index in [1.807, 2.05) is 30.3 Å². The Morgan fingerprint density at radius 3 is 2.40 bits per heavy atom. The van der Waals surface area contributed by atoms with E-state index in [4.69, 9.17) is 0 Å². The van der Waals surface area contributed by atoms with Crippen molar-refractivity contribution in [2.24, 2.45) is 0 Å². The zero-order valence-electron chi connectivity index (χ0n) is 12.8. The molecular formula is C18H13Br2N2O3-. The lowest BCUT2D eigenvalue weighted by Gasteiger charge is -2.20. The number of hydrogen-bond acceptors (Lipinski definition) is 4. The second-order valence-electron chi connectivity index (χ2n) is 5.41. The van der Waals surface area contributed by atoms with E-state index in [0.717, 1.165) is 16.5 Å². The number of benzene rings is 1. The zero-order chi connectivity index (χ0) is 18.0. The van der Waals surface area contributed by atoms with Crippen molar-refractivity contribution in [3.05, 3.63) is 88.1 Å². The third-order valence-electron chi connectivity index (χ3n) is 3.87. The largest absolute Gasteiger partial charge is 0.612 e. The zero-order valence-corrected chi connectivity index (χ0v) is 16.0. The van der Waals surface area contributed by atoms with Gasteiger partial charge in [0.2, 0.25) is 5.71 Å². The standard InChI is InChI=1S/C18H13Br2N2O3/c19-16(14-9-10-21-15-4-2-1-3-13(14)15)17(20)18(23)11-5-7-12(8-6-11)22(24)25/h1-10,16-17H,(H-,23,24,25)/q-1. The SMILES string of the molecule is [O-][N+]([O-])=C1C=CC(=C(O)C(Br)C(Br)c2ccnc3ccccc23)C=C1. The van der Waals surface area contributed by atoms with E-state index in [0.29, 0.717) is 5.57 Å². The molecule has 1 N–H and O–H groups in total. The summed E-state index contributed by atoms with van der Waals surface area (Å²) in [5.74, 6) is 0.0951. The minimum absolute atomic E-state index is 0.0156. The average molecular weight is 465 g/mol. The molecule has 2 atom stereocenters. The Hall–Kier alpha value is -2.12. The monoisotopic (exact) mass is 463 g/mol. The van der Waals surface area contributed by atoms with Crippen LogP contribution in [0.2, 0.25) is 0 Å². The van der Waals surface area contributed by atoms with Crippen molar-refractivity contribution in [1.82, 2.24) is 4.98 Å². The number of alkyl halides is 2. The van der Waals surface area contributed by atoms with E-state index in [-0.39, 0.29) is 16.3 Å². The average Bonchev–Trinajstić information content (AvgIpc) is 2.65. The van der Waals surface area contributed by atoms with E-state index in [1.54, 1.807) is 6.20 Å². The molecule has 0 radical (unpaired) electrons. The first-order valence-corrected chi connectivity index (χ1v) is 9.24. The molecule has 0 saturated carbocycles. The maximum absolute atomic E-state index is 10.7. The van der Waals surface area contributed by atoms with E-state index >= 15 is 0 Å². The van der Waals surface area contributed by atoms with Crippen molar-refractivity contribution < 1.29 is 10.0 Å². The van der Waals surface area contributed by atoms with Crippen molar-refractivity contribution in [2.45, 2.75) is 9.65 Å². The Labute approximate surface area is 161 Å². The molecule has 0 bridgehead atoms. The van der Waals surface area contributed by atoms with Crippen LogP contribution < -0.4 is 0 Å². The summed E-state index contributed by atoms with van der Waals surface area (Å²) < 4.78 is 0. The molecule has 5 nitrogen and oxygen atoms in total. The van der Waals surface area contributed by atoms with Gasteiger partial charge in [0.1, 0.15) is 5.76 Å². The summed E-state index contributed by atoms with van der Waals surface area (Å²) in [6, 6.07) is 9.68. The van der Waals surface area contributed by atoms with Crippen LogP contribution in [0.25, 0.3) is 10.9 Å². The molecule has 1 aromatic carbocycles. The second-order valence-corrected chi connectivity index (χ2v) is 7.38. The summed E-state index contributed by atoms with van der Waals surface area (Å²) in [5.41, 5.74) is 2.37. The van der Waals surface area contributed by atoms with E-state index in [9.17, 15) is 15.5 Å². The van der Waals surface area contributed by atoms with Crippen LogP contribution in [0.4, 0.5) is 0 Å². The molecule has 3 rings (SSSR count). The minimum Gasteiger partial charge on any atom is -0.612 e. The lowest BCUT2D eigenvalue weighted by Crippen LogP contribution is -2.13. The molecule has 128 valence electrons. The van der Waals surface area contributed by atoms with Gasteiger partial charge in [-0.3, -0.25) is 4.98 Å². The number of rotatable bonds is 3. The number of aromatic nitrogens is 1. The summed E-state index contributed by atoms with van der Waals surface area (Å²) in [6.07, 6.45) is 7.54. The lowest BCUT2D eigenvalue weighted by atomic mass is 10.0. The van der Waals surface area contributed by atoms with E-state index in [2.05, 4.69) is 36.8 Å². The van der Waals surface area contributed by atoms with E-state index < -0.39 is 9.73 Å². The molecule has 0 saturated heterocycles. The molecule has 1 heterocycles. The topological polar surface area (TPSA) is 82.2 Å². The van der Waals surface area contributed by atoms with Gasteiger partial charge in [0.05, 0.1) is 15.2 Å². The lowest BCUT2D eigenvalue weighted by molar-refractivity contribution is -0.377. The molecule has 1 aromatic heterocycles. The van der Waals surface area contributed by atoms with Gasteiger partial charge in [0.25, 0.3) is 0 Å². The van der Waals surface area contributed by atoms with Crippen LogP contribution >= 0.6 is 31.9 Å². The molecule has 25 heavy (non-hydrogen) atoms. The molecule has 0 spiro atoms. The van der Waals surface area contributed by atoms with Crippen molar-refractivity contribution in [1.29, 1.82) is 0 Å². The fourth-order valence-electron chi connectivity index (χ4n) is 2.57. The van der Waals surface area contributed by atoms with Crippen LogP contribution in [-0.2, 0) is 0 Å². The molecule has 2 aromatic rings. The maximum atomic E-state index is 10.7. The number of aliphatic hydroxyl groups excluding tert-OH is 1. The van der Waals surface area contributed by atoms with Crippen molar-refractivity contribution in [3.63, 3.8) is 0 Å². The van der Waals surface area contributed by atoms with Crippen molar-refractivity contribution in [3.8, 4) is 0 Å². The number of para-hydroxylation sites is 1. The Bertz CT molecular complexity index is 908. The van der Waals surface area contributed by atoms with Crippen LogP contribution in [0, 0.1) is 10.4 Å². The normalized spacial score (nSPS) is 16.1. The Balaban J connectivity index is 1.94. The summed E-state index contributed by atoms with van der Waals surface area (Å²) >= 11 is 7.17. The number of pyridine rings is 1. The third-order valence-corrected chi connectivity index (χ3v) is 6.57. The van der Waals surface area contributed by atoms with Gasteiger partial charge in [-0.25, -0.2) is 0 Å². The summed E-state index contributed by atoms with van der Waals surface area (Å²) in [4.78, 5) is 3.24. The van der Waals surface area contributed by atoms with Crippen molar-refractivity contribution >= 4 is 48.5 Å². The smallest absolute Gasteiger partial charge is 0.222 e. The van der Waals surface area contributed by atoms with Crippen molar-refractivity contribution in [2.75, 3.05) is 0 Å². The Morgan fingerprint density at radius 2 is 1.72 bits per heavy atom. The number of halogens is 2. The van der Waals surface area contributed by atoms with Gasteiger partial charge in [-0.2, -0.15) is 4.90 Å². The predicted octanol–water partition coefficient (Wildman–Crippen LogP) is 4.82. The third kappa shape index (κ3) is 3.62. The molecule has 1 aliphatic carbocycles. The van der Waals surface area contributed by atoms with Gasteiger partial charge >= 0.3 is 0 Å². The summed E-state index contributed by atoms with van der Waals surface area (Å²) in [6.45, 7) is 0. The molecule has 7 heteroatoms. The second kappa shape index (κ2) is 7.41. The molecule has 2 unspecified atom stereocenters. The Morgan fingerprint density at radius 1 is 1.04 bits per heavy atom. The van der Waals surface area contributed by atoms with Gasteiger partial charge in [-0.05, 0) is 29.8 Å². The van der Waals surface area contributed by atoms with Gasteiger partial charge < -0.3 is 15.5 Å². The highest BCUT2D eigenvalue weighted by atomic mass is 79.9. The predicted molar refractivity (Wildman–Crippen MR) is 106 cm³/mol. The van der Waals surface area contributed by atoms with Gasteiger partial charge in [0.15, 0.2) is 0 Å². The Kier molecular flexibility index (Phi) is 5.24. The van der Waals surface area contributed by atoms with Gasteiger partial charge in [0, 0.05) is 29.3 Å². The number of allylic oxidation sites excluding steroid dienone is 6. The minimum atomic E-state index is -0.469. The highest BCUT2D eigenvalue weighted by Gasteiger charge is 2.25. The highest BCUT2D eigenvalue weighted by molar-refractivity contribution is 9.12. The molecule has 1 aliphatic rings. The number of hydrogen-bond donors (Lipinski definition) is 1. The van der Waals surface area contributed by atoms with Crippen LogP contribution in [0.15, 0.2) is 72.2 Å². The van der Waals surface area contributed by atoms with Crippen LogP contribution in [0.5, 0.6) is 0 Å². The summed E-state index contributed by atoms with van der Waals surface area (Å²) in [5, 5.41) is 33.1. The van der Waals surface area contributed by atoms with Gasteiger partial charge in [-0.15, -0.1) is 0 Å².